The zero-order chi connectivity index (χ0) is 13.3. The molecule has 0 aliphatic rings. The average Bonchev–Trinajstić information content (AvgIpc) is 2.73. The van der Waals surface area contributed by atoms with Gasteiger partial charge in [0.1, 0.15) is 0 Å². The van der Waals surface area contributed by atoms with Crippen LogP contribution in [0.15, 0.2) is 30.6 Å². The minimum Gasteiger partial charge on any atom is -0.394 e. The van der Waals surface area contributed by atoms with E-state index in [1.54, 1.807) is 6.33 Å². The summed E-state index contributed by atoms with van der Waals surface area (Å²) in [7, 11) is 0. The fourth-order valence-electron chi connectivity index (χ4n) is 2.19. The molecule has 1 heterocycles. The van der Waals surface area contributed by atoms with Gasteiger partial charge in [0, 0.05) is 6.04 Å². The number of imidazole rings is 1. The summed E-state index contributed by atoms with van der Waals surface area (Å²) >= 11 is 0. The fourth-order valence-corrected chi connectivity index (χ4v) is 2.19. The number of rotatable bonds is 3. The van der Waals surface area contributed by atoms with E-state index in [0.717, 1.165) is 11.0 Å². The Balaban J connectivity index is 2.45. The summed E-state index contributed by atoms with van der Waals surface area (Å²) in [6.45, 7) is 6.26. The van der Waals surface area contributed by atoms with Crippen LogP contribution in [0, 0.1) is 5.41 Å². The molecule has 0 fully saturated rings. The minimum absolute atomic E-state index is 0.0127. The van der Waals surface area contributed by atoms with E-state index in [1.807, 2.05) is 28.8 Å². The van der Waals surface area contributed by atoms with Crippen LogP contribution in [0.1, 0.15) is 26.8 Å². The first-order valence-electron chi connectivity index (χ1n) is 6.23. The highest BCUT2D eigenvalue weighted by molar-refractivity contribution is 5.75. The standard InChI is InChI=1S/C14H21N3O/c1-14(2,3)13(15)12(8-18)17-9-16-10-6-4-5-7-11(10)17/h4-7,9,12-13,18H,8,15H2,1-3H3. The van der Waals surface area contributed by atoms with Gasteiger partial charge in [-0.15, -0.1) is 0 Å². The van der Waals surface area contributed by atoms with Gasteiger partial charge in [0.15, 0.2) is 0 Å². The molecular weight excluding hydrogens is 226 g/mol. The maximum Gasteiger partial charge on any atom is 0.0962 e. The van der Waals surface area contributed by atoms with Gasteiger partial charge in [-0.25, -0.2) is 4.98 Å². The topological polar surface area (TPSA) is 64.1 Å². The van der Waals surface area contributed by atoms with E-state index < -0.39 is 0 Å². The van der Waals surface area contributed by atoms with Gasteiger partial charge in [-0.3, -0.25) is 0 Å². The van der Waals surface area contributed by atoms with Crippen molar-refractivity contribution >= 4 is 11.0 Å². The predicted octanol–water partition coefficient (Wildman–Crippen LogP) is 1.94. The Morgan fingerprint density at radius 2 is 2.00 bits per heavy atom. The molecule has 0 radical (unpaired) electrons. The normalized spacial score (nSPS) is 15.8. The smallest absolute Gasteiger partial charge is 0.0962 e. The molecule has 1 aromatic heterocycles. The van der Waals surface area contributed by atoms with Gasteiger partial charge < -0.3 is 15.4 Å². The van der Waals surface area contributed by atoms with Gasteiger partial charge in [-0.1, -0.05) is 32.9 Å². The van der Waals surface area contributed by atoms with Crippen LogP contribution in [0.25, 0.3) is 11.0 Å². The highest BCUT2D eigenvalue weighted by atomic mass is 16.3. The summed E-state index contributed by atoms with van der Waals surface area (Å²) in [4.78, 5) is 4.35. The molecule has 0 saturated heterocycles. The van der Waals surface area contributed by atoms with Crippen LogP contribution in [0.2, 0.25) is 0 Å². The van der Waals surface area contributed by atoms with Crippen LogP contribution < -0.4 is 5.73 Å². The molecule has 2 atom stereocenters. The van der Waals surface area contributed by atoms with E-state index in [9.17, 15) is 5.11 Å². The van der Waals surface area contributed by atoms with Crippen molar-refractivity contribution in [2.45, 2.75) is 32.9 Å². The molecule has 0 aliphatic carbocycles. The highest BCUT2D eigenvalue weighted by Crippen LogP contribution is 2.28. The lowest BCUT2D eigenvalue weighted by Gasteiger charge is -2.34. The predicted molar refractivity (Wildman–Crippen MR) is 73.3 cm³/mol. The fraction of sp³-hybridized carbons (Fsp3) is 0.500. The second-order valence-corrected chi connectivity index (χ2v) is 5.78. The number of fused-ring (bicyclic) bond motifs is 1. The molecule has 0 bridgehead atoms. The summed E-state index contributed by atoms with van der Waals surface area (Å²) in [6, 6.07) is 7.59. The molecule has 0 spiro atoms. The summed E-state index contributed by atoms with van der Waals surface area (Å²) in [5.74, 6) is 0. The van der Waals surface area contributed by atoms with Crippen LogP contribution >= 0.6 is 0 Å². The average molecular weight is 247 g/mol. The third kappa shape index (κ3) is 2.26. The van der Waals surface area contributed by atoms with Gasteiger partial charge in [-0.05, 0) is 17.5 Å². The number of benzene rings is 1. The molecule has 98 valence electrons. The molecule has 1 aromatic carbocycles. The summed E-state index contributed by atoms with van der Waals surface area (Å²) in [5, 5.41) is 9.66. The molecule has 18 heavy (non-hydrogen) atoms. The van der Waals surface area contributed by atoms with Crippen molar-refractivity contribution in [1.29, 1.82) is 0 Å². The molecule has 0 amide bonds. The van der Waals surface area contributed by atoms with E-state index in [-0.39, 0.29) is 24.1 Å². The van der Waals surface area contributed by atoms with Crippen LogP contribution in [0.5, 0.6) is 0 Å². The number of para-hydroxylation sites is 2. The minimum atomic E-state index is -0.155. The number of hydrogen-bond acceptors (Lipinski definition) is 3. The first-order chi connectivity index (χ1) is 8.45. The van der Waals surface area contributed by atoms with Crippen LogP contribution in [0.3, 0.4) is 0 Å². The second kappa shape index (κ2) is 4.71. The quantitative estimate of drug-likeness (QED) is 0.871. The van der Waals surface area contributed by atoms with Crippen molar-refractivity contribution in [1.82, 2.24) is 9.55 Å². The summed E-state index contributed by atoms with van der Waals surface area (Å²) in [5.41, 5.74) is 8.15. The van der Waals surface area contributed by atoms with E-state index in [2.05, 4.69) is 25.8 Å². The molecule has 2 unspecified atom stereocenters. The van der Waals surface area contributed by atoms with E-state index >= 15 is 0 Å². The van der Waals surface area contributed by atoms with Crippen molar-refractivity contribution in [2.24, 2.45) is 11.1 Å². The third-order valence-corrected chi connectivity index (χ3v) is 3.44. The Labute approximate surface area is 107 Å². The lowest BCUT2D eigenvalue weighted by molar-refractivity contribution is 0.157. The first-order valence-corrected chi connectivity index (χ1v) is 6.23. The van der Waals surface area contributed by atoms with Crippen molar-refractivity contribution < 1.29 is 5.11 Å². The van der Waals surface area contributed by atoms with Crippen LogP contribution in [-0.2, 0) is 0 Å². The lowest BCUT2D eigenvalue weighted by Crippen LogP contribution is -2.44. The van der Waals surface area contributed by atoms with Crippen LogP contribution in [0.4, 0.5) is 0 Å². The molecule has 0 saturated carbocycles. The largest absolute Gasteiger partial charge is 0.394 e. The number of aliphatic hydroxyl groups excluding tert-OH is 1. The van der Waals surface area contributed by atoms with Gasteiger partial charge in [0.05, 0.1) is 30.0 Å². The van der Waals surface area contributed by atoms with Crippen molar-refractivity contribution in [3.8, 4) is 0 Å². The Morgan fingerprint density at radius 3 is 2.61 bits per heavy atom. The van der Waals surface area contributed by atoms with Gasteiger partial charge in [0.25, 0.3) is 0 Å². The van der Waals surface area contributed by atoms with Crippen molar-refractivity contribution in [3.63, 3.8) is 0 Å². The maximum absolute atomic E-state index is 9.66. The Kier molecular flexibility index (Phi) is 3.41. The number of nitrogens with zero attached hydrogens (tertiary/aromatic N) is 2. The van der Waals surface area contributed by atoms with E-state index in [1.165, 1.54) is 0 Å². The molecule has 2 rings (SSSR count). The zero-order valence-electron chi connectivity index (χ0n) is 11.2. The number of hydrogen-bond donors (Lipinski definition) is 2. The number of nitrogens with two attached hydrogens (primary N) is 1. The number of aromatic nitrogens is 2. The third-order valence-electron chi connectivity index (χ3n) is 3.44. The van der Waals surface area contributed by atoms with Gasteiger partial charge >= 0.3 is 0 Å². The molecular formula is C14H21N3O. The van der Waals surface area contributed by atoms with Gasteiger partial charge in [-0.2, -0.15) is 0 Å². The van der Waals surface area contributed by atoms with Crippen LogP contribution in [-0.4, -0.2) is 27.3 Å². The lowest BCUT2D eigenvalue weighted by atomic mass is 9.83. The molecule has 4 heteroatoms. The Hall–Kier alpha value is -1.39. The molecule has 0 aliphatic heterocycles. The molecule has 2 aromatic rings. The van der Waals surface area contributed by atoms with Crippen molar-refractivity contribution in [3.05, 3.63) is 30.6 Å². The first kappa shape index (κ1) is 13.1. The zero-order valence-corrected chi connectivity index (χ0v) is 11.2. The van der Waals surface area contributed by atoms with E-state index in [0.29, 0.717) is 0 Å². The number of aliphatic hydroxyl groups is 1. The summed E-state index contributed by atoms with van der Waals surface area (Å²) < 4.78 is 1.98. The SMILES string of the molecule is CC(C)(C)C(N)C(CO)n1cnc2ccccc21. The maximum atomic E-state index is 9.66. The Morgan fingerprint density at radius 1 is 1.33 bits per heavy atom. The molecule has 4 nitrogen and oxygen atoms in total. The van der Waals surface area contributed by atoms with Crippen molar-refractivity contribution in [2.75, 3.05) is 6.61 Å². The monoisotopic (exact) mass is 247 g/mol. The van der Waals surface area contributed by atoms with Gasteiger partial charge in [0.2, 0.25) is 0 Å². The molecule has 3 N–H and O–H groups in total. The highest BCUT2D eigenvalue weighted by Gasteiger charge is 2.30. The Bertz CT molecular complexity index is 527. The second-order valence-electron chi connectivity index (χ2n) is 5.78. The van der Waals surface area contributed by atoms with E-state index in [4.69, 9.17) is 5.73 Å². The summed E-state index contributed by atoms with van der Waals surface area (Å²) in [6.07, 6.45) is 1.76.